The van der Waals surface area contributed by atoms with Gasteiger partial charge >= 0.3 is 0 Å². The maximum absolute atomic E-state index is 12.4. The third-order valence-electron chi connectivity index (χ3n) is 3.22. The molecular formula is C15H12N2O. The predicted molar refractivity (Wildman–Crippen MR) is 71.5 cm³/mol. The minimum atomic E-state index is -0.0517. The maximum Gasteiger partial charge on any atom is 0.259 e. The van der Waals surface area contributed by atoms with Gasteiger partial charge in [-0.15, -0.1) is 0 Å². The normalized spacial score (nSPS) is 13.9. The zero-order chi connectivity index (χ0) is 12.7. The monoisotopic (exact) mass is 236 g/mol. The van der Waals surface area contributed by atoms with E-state index in [0.29, 0.717) is 11.4 Å². The number of rotatable bonds is 0. The Morgan fingerprint density at radius 1 is 1.06 bits per heavy atom. The molecule has 3 rings (SSSR count). The number of anilines is 1. The standard InChI is InChI=1S/C15H12N2O/c1-10-11-6-3-4-7-13(11)15(18)17(2)14-12(10)8-5-9-16-14/h3-9H,1H2,2H3. The molecule has 0 atom stereocenters. The van der Waals surface area contributed by atoms with Crippen LogP contribution in [0.5, 0.6) is 0 Å². The number of pyridine rings is 1. The Labute approximate surface area is 105 Å². The first-order valence-electron chi connectivity index (χ1n) is 5.72. The number of amides is 1. The van der Waals surface area contributed by atoms with Gasteiger partial charge in [-0.05, 0) is 29.3 Å². The van der Waals surface area contributed by atoms with Crippen LogP contribution in [-0.2, 0) is 0 Å². The van der Waals surface area contributed by atoms with Gasteiger partial charge in [0.1, 0.15) is 5.82 Å². The van der Waals surface area contributed by atoms with Crippen LogP contribution in [0.2, 0.25) is 0 Å². The summed E-state index contributed by atoms with van der Waals surface area (Å²) in [6.07, 6.45) is 1.69. The first kappa shape index (κ1) is 10.7. The molecule has 1 amide bonds. The third kappa shape index (κ3) is 1.37. The summed E-state index contributed by atoms with van der Waals surface area (Å²) in [7, 11) is 1.74. The van der Waals surface area contributed by atoms with Crippen molar-refractivity contribution in [3.05, 3.63) is 65.9 Å². The van der Waals surface area contributed by atoms with Crippen molar-refractivity contribution in [2.45, 2.75) is 0 Å². The van der Waals surface area contributed by atoms with E-state index in [9.17, 15) is 4.79 Å². The lowest BCUT2D eigenvalue weighted by molar-refractivity contribution is 0.0992. The fourth-order valence-corrected chi connectivity index (χ4v) is 2.25. The topological polar surface area (TPSA) is 33.2 Å². The summed E-state index contributed by atoms with van der Waals surface area (Å²) in [6, 6.07) is 11.3. The largest absolute Gasteiger partial charge is 0.295 e. The number of hydrogen-bond donors (Lipinski definition) is 0. The summed E-state index contributed by atoms with van der Waals surface area (Å²) >= 11 is 0. The molecule has 0 N–H and O–H groups in total. The van der Waals surface area contributed by atoms with Gasteiger partial charge in [0.15, 0.2) is 0 Å². The van der Waals surface area contributed by atoms with E-state index in [1.165, 1.54) is 0 Å². The summed E-state index contributed by atoms with van der Waals surface area (Å²) < 4.78 is 0. The maximum atomic E-state index is 12.4. The molecule has 88 valence electrons. The SMILES string of the molecule is C=C1c2ccccc2C(=O)N(C)c2ncccc21. The van der Waals surface area contributed by atoms with Crippen molar-refractivity contribution in [1.82, 2.24) is 4.98 Å². The van der Waals surface area contributed by atoms with Gasteiger partial charge in [0.05, 0.1) is 0 Å². The first-order valence-corrected chi connectivity index (χ1v) is 5.72. The van der Waals surface area contributed by atoms with Gasteiger partial charge in [0.2, 0.25) is 0 Å². The summed E-state index contributed by atoms with van der Waals surface area (Å²) in [5, 5.41) is 0. The number of hydrogen-bond acceptors (Lipinski definition) is 2. The van der Waals surface area contributed by atoms with E-state index in [1.807, 2.05) is 36.4 Å². The van der Waals surface area contributed by atoms with Crippen molar-refractivity contribution in [3.8, 4) is 0 Å². The highest BCUT2D eigenvalue weighted by molar-refractivity contribution is 6.12. The summed E-state index contributed by atoms with van der Waals surface area (Å²) in [4.78, 5) is 18.3. The van der Waals surface area contributed by atoms with Crippen molar-refractivity contribution in [2.75, 3.05) is 11.9 Å². The highest BCUT2D eigenvalue weighted by Gasteiger charge is 2.26. The Bertz CT molecular complexity index is 661. The Morgan fingerprint density at radius 3 is 2.50 bits per heavy atom. The van der Waals surface area contributed by atoms with Crippen molar-refractivity contribution in [3.63, 3.8) is 0 Å². The number of carbonyl (C=O) groups excluding carboxylic acids is 1. The molecule has 1 aliphatic heterocycles. The molecule has 3 nitrogen and oxygen atoms in total. The Kier molecular flexibility index (Phi) is 2.27. The molecule has 0 unspecified atom stereocenters. The average molecular weight is 236 g/mol. The van der Waals surface area contributed by atoms with Gasteiger partial charge in [-0.1, -0.05) is 24.8 Å². The summed E-state index contributed by atoms with van der Waals surface area (Å²) in [5.41, 5.74) is 3.29. The molecule has 2 aromatic rings. The molecule has 1 aromatic heterocycles. The lowest BCUT2D eigenvalue weighted by Crippen LogP contribution is -2.26. The third-order valence-corrected chi connectivity index (χ3v) is 3.22. The van der Waals surface area contributed by atoms with Crippen LogP contribution in [0, 0.1) is 0 Å². The van der Waals surface area contributed by atoms with Gasteiger partial charge in [-0.3, -0.25) is 9.69 Å². The first-order chi connectivity index (χ1) is 8.70. The zero-order valence-corrected chi connectivity index (χ0v) is 10.1. The number of benzene rings is 1. The van der Waals surface area contributed by atoms with E-state index in [4.69, 9.17) is 0 Å². The Balaban J connectivity index is 2.35. The predicted octanol–water partition coefficient (Wildman–Crippen LogP) is 2.73. The Morgan fingerprint density at radius 2 is 1.72 bits per heavy atom. The second-order valence-electron chi connectivity index (χ2n) is 4.26. The van der Waals surface area contributed by atoms with Gasteiger partial charge in [0.25, 0.3) is 5.91 Å². The van der Waals surface area contributed by atoms with Crippen LogP contribution in [0.3, 0.4) is 0 Å². The lowest BCUT2D eigenvalue weighted by Gasteiger charge is -2.15. The fourth-order valence-electron chi connectivity index (χ4n) is 2.25. The number of fused-ring (bicyclic) bond motifs is 2. The van der Waals surface area contributed by atoms with Crippen molar-refractivity contribution in [1.29, 1.82) is 0 Å². The molecule has 18 heavy (non-hydrogen) atoms. The molecule has 0 spiro atoms. The number of aromatic nitrogens is 1. The molecule has 1 aromatic carbocycles. The highest BCUT2D eigenvalue weighted by atomic mass is 16.2. The number of nitrogens with zero attached hydrogens (tertiary/aromatic N) is 2. The van der Waals surface area contributed by atoms with Gasteiger partial charge in [-0.25, -0.2) is 4.98 Å². The molecule has 2 heterocycles. The molecule has 1 aliphatic rings. The van der Waals surface area contributed by atoms with E-state index in [1.54, 1.807) is 18.1 Å². The molecule has 0 bridgehead atoms. The van der Waals surface area contributed by atoms with E-state index < -0.39 is 0 Å². The van der Waals surface area contributed by atoms with E-state index in [-0.39, 0.29) is 5.91 Å². The highest BCUT2D eigenvalue weighted by Crippen LogP contribution is 2.34. The van der Waals surface area contributed by atoms with Crippen LogP contribution < -0.4 is 4.90 Å². The fraction of sp³-hybridized carbons (Fsp3) is 0.0667. The minimum Gasteiger partial charge on any atom is -0.295 e. The average Bonchev–Trinajstić information content (AvgIpc) is 2.51. The molecule has 0 aliphatic carbocycles. The van der Waals surface area contributed by atoms with E-state index in [2.05, 4.69) is 11.6 Å². The van der Waals surface area contributed by atoms with Crippen LogP contribution in [-0.4, -0.2) is 17.9 Å². The second-order valence-corrected chi connectivity index (χ2v) is 4.26. The molecule has 0 saturated heterocycles. The van der Waals surface area contributed by atoms with Crippen LogP contribution in [0.25, 0.3) is 5.57 Å². The van der Waals surface area contributed by atoms with Gasteiger partial charge in [-0.2, -0.15) is 0 Å². The van der Waals surface area contributed by atoms with E-state index >= 15 is 0 Å². The quantitative estimate of drug-likeness (QED) is 0.704. The molecule has 0 radical (unpaired) electrons. The molecule has 0 fully saturated rings. The van der Waals surface area contributed by atoms with Gasteiger partial charge < -0.3 is 0 Å². The van der Waals surface area contributed by atoms with Crippen molar-refractivity contribution in [2.24, 2.45) is 0 Å². The van der Waals surface area contributed by atoms with E-state index in [0.717, 1.165) is 16.7 Å². The molecule has 3 heteroatoms. The van der Waals surface area contributed by atoms with Crippen LogP contribution in [0.4, 0.5) is 5.82 Å². The zero-order valence-electron chi connectivity index (χ0n) is 10.1. The van der Waals surface area contributed by atoms with Gasteiger partial charge in [0, 0.05) is 24.4 Å². The van der Waals surface area contributed by atoms with Crippen LogP contribution in [0.15, 0.2) is 49.2 Å². The van der Waals surface area contributed by atoms with Crippen molar-refractivity contribution >= 4 is 17.3 Å². The molecule has 0 saturated carbocycles. The second kappa shape index (κ2) is 3.81. The van der Waals surface area contributed by atoms with Crippen molar-refractivity contribution < 1.29 is 4.79 Å². The Hall–Kier alpha value is -2.42. The minimum absolute atomic E-state index is 0.0517. The number of carbonyl (C=O) groups is 1. The summed E-state index contributed by atoms with van der Waals surface area (Å²) in [6.45, 7) is 4.11. The lowest BCUT2D eigenvalue weighted by atomic mass is 9.97. The smallest absolute Gasteiger partial charge is 0.259 e. The van der Waals surface area contributed by atoms with Crippen LogP contribution >= 0.6 is 0 Å². The molecular weight excluding hydrogens is 224 g/mol. The van der Waals surface area contributed by atoms with Crippen LogP contribution in [0.1, 0.15) is 21.5 Å². The summed E-state index contributed by atoms with van der Waals surface area (Å²) in [5.74, 6) is 0.605.